The standard InChI is InChI=1S/C10H17NO2/c1-7(10(12)13)5-11-6-8-2-3-9(11)4-8/h7-9H,2-6H2,1H3,(H,12,13). The van der Waals surface area contributed by atoms with Crippen LogP contribution in [0, 0.1) is 11.8 Å². The van der Waals surface area contributed by atoms with Gasteiger partial charge in [0.15, 0.2) is 0 Å². The molecule has 74 valence electrons. The molecule has 1 heterocycles. The van der Waals surface area contributed by atoms with Gasteiger partial charge in [0.2, 0.25) is 0 Å². The van der Waals surface area contributed by atoms with Gasteiger partial charge >= 0.3 is 5.97 Å². The lowest BCUT2D eigenvalue weighted by atomic mass is 10.1. The Morgan fingerprint density at radius 2 is 2.38 bits per heavy atom. The number of piperidine rings is 1. The second-order valence-electron chi connectivity index (χ2n) is 4.53. The van der Waals surface area contributed by atoms with Crippen LogP contribution >= 0.6 is 0 Å². The molecular weight excluding hydrogens is 166 g/mol. The van der Waals surface area contributed by atoms with E-state index in [0.717, 1.165) is 19.0 Å². The molecule has 3 heteroatoms. The number of carboxylic acids is 1. The monoisotopic (exact) mass is 183 g/mol. The van der Waals surface area contributed by atoms with E-state index in [4.69, 9.17) is 5.11 Å². The van der Waals surface area contributed by atoms with E-state index in [1.54, 1.807) is 6.92 Å². The summed E-state index contributed by atoms with van der Waals surface area (Å²) in [4.78, 5) is 13.0. The van der Waals surface area contributed by atoms with Gasteiger partial charge < -0.3 is 5.11 Å². The van der Waals surface area contributed by atoms with Crippen LogP contribution in [0.25, 0.3) is 0 Å². The number of likely N-dealkylation sites (tertiary alicyclic amines) is 1. The van der Waals surface area contributed by atoms with Crippen LogP contribution in [0.5, 0.6) is 0 Å². The van der Waals surface area contributed by atoms with Crippen LogP contribution in [0.1, 0.15) is 26.2 Å². The molecular formula is C10H17NO2. The van der Waals surface area contributed by atoms with Crippen molar-refractivity contribution in [1.82, 2.24) is 4.90 Å². The Labute approximate surface area is 78.7 Å². The van der Waals surface area contributed by atoms with E-state index in [1.165, 1.54) is 19.3 Å². The Hall–Kier alpha value is -0.570. The van der Waals surface area contributed by atoms with Gasteiger partial charge in [0.1, 0.15) is 0 Å². The Kier molecular flexibility index (Phi) is 2.28. The van der Waals surface area contributed by atoms with Crippen molar-refractivity contribution in [3.63, 3.8) is 0 Å². The van der Waals surface area contributed by atoms with Crippen LogP contribution in [0.2, 0.25) is 0 Å². The summed E-state index contributed by atoms with van der Waals surface area (Å²) in [5.74, 6) is -0.00637. The largest absolute Gasteiger partial charge is 0.481 e. The van der Waals surface area contributed by atoms with E-state index < -0.39 is 5.97 Å². The zero-order chi connectivity index (χ0) is 9.42. The average Bonchev–Trinajstić information content (AvgIpc) is 2.64. The molecule has 1 aliphatic heterocycles. The topological polar surface area (TPSA) is 40.5 Å². The molecule has 1 aliphatic carbocycles. The summed E-state index contributed by atoms with van der Waals surface area (Å²) in [5.41, 5.74) is 0. The predicted octanol–water partition coefficient (Wildman–Crippen LogP) is 1.19. The zero-order valence-electron chi connectivity index (χ0n) is 8.07. The fourth-order valence-corrected chi connectivity index (χ4v) is 2.68. The first kappa shape index (κ1) is 9.00. The number of carbonyl (C=O) groups is 1. The smallest absolute Gasteiger partial charge is 0.307 e. The summed E-state index contributed by atoms with van der Waals surface area (Å²) < 4.78 is 0. The van der Waals surface area contributed by atoms with E-state index in [1.807, 2.05) is 0 Å². The second-order valence-corrected chi connectivity index (χ2v) is 4.53. The zero-order valence-corrected chi connectivity index (χ0v) is 8.07. The van der Waals surface area contributed by atoms with Crippen LogP contribution in [-0.4, -0.2) is 35.1 Å². The molecule has 2 bridgehead atoms. The van der Waals surface area contributed by atoms with Gasteiger partial charge in [-0.05, 0) is 25.2 Å². The van der Waals surface area contributed by atoms with Crippen molar-refractivity contribution >= 4 is 5.97 Å². The summed E-state index contributed by atoms with van der Waals surface area (Å²) >= 11 is 0. The molecule has 0 spiro atoms. The second kappa shape index (κ2) is 3.29. The molecule has 0 aromatic heterocycles. The molecule has 13 heavy (non-hydrogen) atoms. The van der Waals surface area contributed by atoms with Crippen LogP contribution in [0.4, 0.5) is 0 Å². The first-order valence-electron chi connectivity index (χ1n) is 5.13. The average molecular weight is 183 g/mol. The van der Waals surface area contributed by atoms with Crippen LogP contribution < -0.4 is 0 Å². The highest BCUT2D eigenvalue weighted by molar-refractivity contribution is 5.69. The minimum atomic E-state index is -0.664. The number of nitrogens with zero attached hydrogens (tertiary/aromatic N) is 1. The normalized spacial score (nSPS) is 35.2. The lowest BCUT2D eigenvalue weighted by Gasteiger charge is -2.27. The summed E-state index contributed by atoms with van der Waals surface area (Å²) in [6.07, 6.45) is 3.96. The lowest BCUT2D eigenvalue weighted by molar-refractivity contribution is -0.141. The molecule has 1 N–H and O–H groups in total. The van der Waals surface area contributed by atoms with Gasteiger partial charge in [-0.2, -0.15) is 0 Å². The van der Waals surface area contributed by atoms with Gasteiger partial charge in [0.25, 0.3) is 0 Å². The number of rotatable bonds is 3. The van der Waals surface area contributed by atoms with Gasteiger partial charge in [0, 0.05) is 19.1 Å². The summed E-state index contributed by atoms with van der Waals surface area (Å²) in [7, 11) is 0. The van der Waals surface area contributed by atoms with Crippen molar-refractivity contribution in [1.29, 1.82) is 0 Å². The third kappa shape index (κ3) is 1.70. The molecule has 3 unspecified atom stereocenters. The van der Waals surface area contributed by atoms with Gasteiger partial charge in [-0.15, -0.1) is 0 Å². The molecule has 0 amide bonds. The summed E-state index contributed by atoms with van der Waals surface area (Å²) in [5, 5.41) is 8.79. The molecule has 0 aromatic rings. The highest BCUT2D eigenvalue weighted by Gasteiger charge is 2.38. The maximum absolute atomic E-state index is 10.7. The van der Waals surface area contributed by atoms with Gasteiger partial charge in [0.05, 0.1) is 5.92 Å². The number of aliphatic carboxylic acids is 1. The number of carboxylic acid groups (broad SMARTS) is 1. The molecule has 2 rings (SSSR count). The van der Waals surface area contributed by atoms with Gasteiger partial charge in [-0.1, -0.05) is 6.92 Å². The first-order chi connectivity index (χ1) is 6.16. The molecule has 0 aromatic carbocycles. The quantitative estimate of drug-likeness (QED) is 0.714. The fourth-order valence-electron chi connectivity index (χ4n) is 2.68. The van der Waals surface area contributed by atoms with E-state index in [0.29, 0.717) is 6.04 Å². The number of hydrogen-bond acceptors (Lipinski definition) is 2. The molecule has 3 nitrogen and oxygen atoms in total. The third-order valence-electron chi connectivity index (χ3n) is 3.45. The number of fused-ring (bicyclic) bond motifs is 2. The Balaban J connectivity index is 1.86. The van der Waals surface area contributed by atoms with Crippen molar-refractivity contribution in [3.8, 4) is 0 Å². The molecule has 0 radical (unpaired) electrons. The van der Waals surface area contributed by atoms with Crippen LogP contribution in [-0.2, 0) is 4.79 Å². The van der Waals surface area contributed by atoms with Gasteiger partial charge in [-0.3, -0.25) is 9.69 Å². The summed E-state index contributed by atoms with van der Waals surface area (Å²) in [6.45, 7) is 3.69. The van der Waals surface area contributed by atoms with E-state index in [-0.39, 0.29) is 5.92 Å². The Morgan fingerprint density at radius 3 is 2.85 bits per heavy atom. The maximum Gasteiger partial charge on any atom is 0.307 e. The van der Waals surface area contributed by atoms with Crippen molar-refractivity contribution in [2.45, 2.75) is 32.2 Å². The third-order valence-corrected chi connectivity index (χ3v) is 3.45. The molecule has 1 saturated carbocycles. The maximum atomic E-state index is 10.7. The summed E-state index contributed by atoms with van der Waals surface area (Å²) in [6, 6.07) is 0.701. The highest BCUT2D eigenvalue weighted by atomic mass is 16.4. The SMILES string of the molecule is CC(CN1CC2CCC1C2)C(=O)O. The van der Waals surface area contributed by atoms with Crippen LogP contribution in [0.3, 0.4) is 0 Å². The lowest BCUT2D eigenvalue weighted by Crippen LogP contribution is -2.37. The van der Waals surface area contributed by atoms with Crippen molar-refractivity contribution in [3.05, 3.63) is 0 Å². The number of hydrogen-bond donors (Lipinski definition) is 1. The minimum Gasteiger partial charge on any atom is -0.481 e. The van der Waals surface area contributed by atoms with Gasteiger partial charge in [-0.25, -0.2) is 0 Å². The molecule has 1 saturated heterocycles. The Bertz CT molecular complexity index is 217. The molecule has 2 fully saturated rings. The van der Waals surface area contributed by atoms with E-state index in [9.17, 15) is 4.79 Å². The molecule has 2 aliphatic rings. The Morgan fingerprint density at radius 1 is 1.62 bits per heavy atom. The van der Waals surface area contributed by atoms with Crippen molar-refractivity contribution < 1.29 is 9.90 Å². The first-order valence-corrected chi connectivity index (χ1v) is 5.13. The predicted molar refractivity (Wildman–Crippen MR) is 49.5 cm³/mol. The highest BCUT2D eigenvalue weighted by Crippen LogP contribution is 2.37. The van der Waals surface area contributed by atoms with Crippen molar-refractivity contribution in [2.75, 3.05) is 13.1 Å². The minimum absolute atomic E-state index is 0.209. The van der Waals surface area contributed by atoms with E-state index in [2.05, 4.69) is 4.90 Å². The van der Waals surface area contributed by atoms with Crippen molar-refractivity contribution in [2.24, 2.45) is 11.8 Å². The van der Waals surface area contributed by atoms with E-state index >= 15 is 0 Å². The van der Waals surface area contributed by atoms with Crippen LogP contribution in [0.15, 0.2) is 0 Å². The molecule has 3 atom stereocenters. The fraction of sp³-hybridized carbons (Fsp3) is 0.900.